The summed E-state index contributed by atoms with van der Waals surface area (Å²) in [4.78, 5) is 51.8. The summed E-state index contributed by atoms with van der Waals surface area (Å²) in [6, 6.07) is 22.8. The molecule has 1 unspecified atom stereocenters. The number of likely N-dealkylation sites (tertiary alicyclic amines) is 1. The lowest BCUT2D eigenvalue weighted by Crippen LogP contribution is -2.46. The monoisotopic (exact) mass is 832 g/mol. The van der Waals surface area contributed by atoms with Gasteiger partial charge < -0.3 is 14.4 Å². The highest BCUT2D eigenvalue weighted by molar-refractivity contribution is 7.85. The second-order valence-corrected chi connectivity index (χ2v) is 17.7. The summed E-state index contributed by atoms with van der Waals surface area (Å²) in [6.45, 7) is 5.70. The predicted molar refractivity (Wildman–Crippen MR) is 228 cm³/mol. The second kappa shape index (κ2) is 16.1. The van der Waals surface area contributed by atoms with E-state index < -0.39 is 22.5 Å². The fraction of sp³-hybridized carbons (Fsp3) is 0.372. The van der Waals surface area contributed by atoms with Crippen molar-refractivity contribution in [1.82, 2.24) is 34.2 Å². The number of aliphatic imine (C=N–C) groups is 1. The minimum atomic E-state index is -0.910. The zero-order chi connectivity index (χ0) is 40.8. The van der Waals surface area contributed by atoms with Gasteiger partial charge in [-0.25, -0.2) is 4.79 Å². The van der Waals surface area contributed by atoms with E-state index >= 15 is 0 Å². The molecule has 304 valence electrons. The number of piperidine rings is 1. The number of amides is 1. The number of ether oxygens (including phenoxy) is 2. The lowest BCUT2D eigenvalue weighted by molar-refractivity contribution is 0.0691. The number of aromatic nitrogens is 6. The van der Waals surface area contributed by atoms with Crippen LogP contribution in [0.1, 0.15) is 77.9 Å². The Morgan fingerprint density at radius 3 is 2.44 bits per heavy atom. The highest BCUT2D eigenvalue weighted by atomic mass is 32.2. The summed E-state index contributed by atoms with van der Waals surface area (Å²) in [7, 11) is 0.705. The van der Waals surface area contributed by atoms with Crippen molar-refractivity contribution < 1.29 is 18.5 Å². The maximum absolute atomic E-state index is 14.3. The molecule has 3 aromatic carbocycles. The molecule has 9 rings (SSSR count). The van der Waals surface area contributed by atoms with Gasteiger partial charge in [0.25, 0.3) is 11.5 Å². The zero-order valence-electron chi connectivity index (χ0n) is 33.1. The van der Waals surface area contributed by atoms with Crippen molar-refractivity contribution in [3.05, 3.63) is 122 Å². The number of carbonyl (C=O) groups excluding carboxylic acids is 1. The van der Waals surface area contributed by atoms with Gasteiger partial charge in [0, 0.05) is 68.9 Å². The molecule has 2 saturated heterocycles. The van der Waals surface area contributed by atoms with Crippen molar-refractivity contribution in [2.75, 3.05) is 38.3 Å². The van der Waals surface area contributed by atoms with Crippen LogP contribution >= 0.6 is 11.3 Å². The Bertz CT molecular complexity index is 2730. The largest absolute Gasteiger partial charge is 0.493 e. The van der Waals surface area contributed by atoms with Crippen LogP contribution in [0.3, 0.4) is 0 Å². The van der Waals surface area contributed by atoms with Gasteiger partial charge in [0.2, 0.25) is 0 Å². The highest BCUT2D eigenvalue weighted by Gasteiger charge is 2.37. The third-order valence-electron chi connectivity index (χ3n) is 11.6. The van der Waals surface area contributed by atoms with Gasteiger partial charge in [0.15, 0.2) is 17.3 Å². The number of rotatable bonds is 10. The molecule has 0 bridgehead atoms. The number of benzene rings is 3. The van der Waals surface area contributed by atoms with Crippen molar-refractivity contribution >= 4 is 44.0 Å². The summed E-state index contributed by atoms with van der Waals surface area (Å²) >= 11 is 1.37. The molecule has 0 aliphatic carbocycles. The predicted octanol–water partition coefficient (Wildman–Crippen LogP) is 5.29. The van der Waals surface area contributed by atoms with Crippen molar-refractivity contribution in [1.29, 1.82) is 0 Å². The first-order chi connectivity index (χ1) is 28.7. The van der Waals surface area contributed by atoms with Crippen molar-refractivity contribution in [3.8, 4) is 21.9 Å². The van der Waals surface area contributed by atoms with Gasteiger partial charge in [-0.3, -0.25) is 27.9 Å². The average molecular weight is 833 g/mol. The highest BCUT2D eigenvalue weighted by Crippen LogP contribution is 2.42. The molecule has 14 nitrogen and oxygen atoms in total. The summed E-state index contributed by atoms with van der Waals surface area (Å²) in [5.41, 5.74) is 4.94. The molecule has 1 amide bonds. The minimum Gasteiger partial charge on any atom is -0.493 e. The Labute approximate surface area is 346 Å². The molecular formula is C43H44N8O6S2. The van der Waals surface area contributed by atoms with E-state index in [0.29, 0.717) is 83.7 Å². The van der Waals surface area contributed by atoms with Crippen LogP contribution in [0.25, 0.3) is 20.7 Å². The van der Waals surface area contributed by atoms with E-state index in [1.165, 1.54) is 20.7 Å². The summed E-state index contributed by atoms with van der Waals surface area (Å²) < 4.78 is 27.7. The smallest absolute Gasteiger partial charge is 0.332 e. The van der Waals surface area contributed by atoms with Gasteiger partial charge in [0.1, 0.15) is 4.70 Å². The third-order valence-corrected chi connectivity index (χ3v) is 14.2. The number of aryl methyl sites for hydroxylation is 1. The topological polar surface area (TPSA) is 156 Å². The lowest BCUT2D eigenvalue weighted by Gasteiger charge is -2.35. The standard InChI is InChI=1S/C43H44N8O6S2/c1-4-50-46-38(45-47-50)24-49-34-23-37(26-9-7-6-8-10-26)58-40(34)42(53)51(43(49)54)29-15-18-48(19-16-29)41(52)28-13-11-27(12-14-28)39-31-22-35(56-3)36(57-5-2)21-30(31)32-25-59(55)20-17-33(32)44-39/h6-14,21-23,29,32-33H,4-5,15-20,24-25H2,1-3H3/t32-,33?,59-/m1/s1. The van der Waals surface area contributed by atoms with Crippen LogP contribution < -0.4 is 20.7 Å². The van der Waals surface area contributed by atoms with Crippen molar-refractivity contribution in [2.45, 2.75) is 64.2 Å². The number of hydrogen-bond donors (Lipinski definition) is 0. The van der Waals surface area contributed by atoms with Gasteiger partial charge >= 0.3 is 5.69 Å². The van der Waals surface area contributed by atoms with Crippen LogP contribution in [0.15, 0.2) is 87.4 Å². The maximum Gasteiger partial charge on any atom is 0.332 e. The molecule has 6 aromatic rings. The Morgan fingerprint density at radius 2 is 1.73 bits per heavy atom. The number of nitrogens with zero attached hydrogens (tertiary/aromatic N) is 8. The molecular weight excluding hydrogens is 789 g/mol. The molecule has 3 aliphatic heterocycles. The molecule has 0 N–H and O–H groups in total. The van der Waals surface area contributed by atoms with Gasteiger partial charge in [-0.1, -0.05) is 42.5 Å². The van der Waals surface area contributed by atoms with Crippen LogP contribution in [0, 0.1) is 0 Å². The SMILES string of the molecule is CCOc1cc2c(cc1OC)C(c1ccc(C(=O)N3CCC(n4c(=O)c5sc(-c6ccccc6)cc5n(Cc5nnn(CC)n5)c4=O)CC3)cc1)=NC1CC[S@@](=O)C[C@H]21. The average Bonchev–Trinajstić information content (AvgIpc) is 3.93. The molecule has 0 radical (unpaired) electrons. The number of carbonyl (C=O) groups is 1. The van der Waals surface area contributed by atoms with E-state index in [-0.39, 0.29) is 30.0 Å². The molecule has 3 aromatic heterocycles. The third kappa shape index (κ3) is 7.22. The van der Waals surface area contributed by atoms with Crippen molar-refractivity contribution in [3.63, 3.8) is 0 Å². The number of thiophene rings is 1. The Kier molecular flexibility index (Phi) is 10.6. The molecule has 3 aliphatic rings. The zero-order valence-corrected chi connectivity index (χ0v) is 34.7. The number of methoxy groups -OCH3 is 1. The molecule has 16 heteroatoms. The van der Waals surface area contributed by atoms with Crippen LogP contribution in [-0.2, 0) is 23.9 Å². The molecule has 6 heterocycles. The van der Waals surface area contributed by atoms with Crippen molar-refractivity contribution in [2.24, 2.45) is 4.99 Å². The van der Waals surface area contributed by atoms with E-state index in [2.05, 4.69) is 15.4 Å². The second-order valence-electron chi connectivity index (χ2n) is 15.0. The lowest BCUT2D eigenvalue weighted by atomic mass is 9.81. The Hall–Kier alpha value is -5.74. The van der Waals surface area contributed by atoms with Crippen LogP contribution in [0.4, 0.5) is 0 Å². The van der Waals surface area contributed by atoms with E-state index in [1.807, 2.05) is 86.6 Å². The first-order valence-corrected chi connectivity index (χ1v) is 22.3. The molecule has 3 atom stereocenters. The van der Waals surface area contributed by atoms with Gasteiger partial charge in [-0.2, -0.15) is 4.80 Å². The summed E-state index contributed by atoms with van der Waals surface area (Å²) in [5.74, 6) is 2.73. The molecule has 59 heavy (non-hydrogen) atoms. The van der Waals surface area contributed by atoms with Gasteiger partial charge in [-0.05, 0) is 79.8 Å². The van der Waals surface area contributed by atoms with Gasteiger partial charge in [0.05, 0.1) is 44.1 Å². The van der Waals surface area contributed by atoms with E-state index in [0.717, 1.165) is 39.3 Å². The van der Waals surface area contributed by atoms with E-state index in [1.54, 1.807) is 16.6 Å². The first kappa shape index (κ1) is 38.8. The molecule has 0 saturated carbocycles. The number of hydrogen-bond acceptors (Lipinski definition) is 11. The summed E-state index contributed by atoms with van der Waals surface area (Å²) in [5, 5.41) is 12.7. The number of tetrazole rings is 1. The van der Waals surface area contributed by atoms with E-state index in [9.17, 15) is 18.6 Å². The fourth-order valence-corrected chi connectivity index (χ4v) is 11.1. The Balaban J connectivity index is 0.968. The van der Waals surface area contributed by atoms with Gasteiger partial charge in [-0.15, -0.1) is 21.5 Å². The summed E-state index contributed by atoms with van der Waals surface area (Å²) in [6.07, 6.45) is 1.62. The van der Waals surface area contributed by atoms with E-state index in [4.69, 9.17) is 14.5 Å². The quantitative estimate of drug-likeness (QED) is 0.179. The fourth-order valence-electron chi connectivity index (χ4n) is 8.56. The molecule has 2 fully saturated rings. The number of fused-ring (bicyclic) bond motifs is 4. The Morgan fingerprint density at radius 1 is 0.949 bits per heavy atom. The van der Waals surface area contributed by atoms with Crippen LogP contribution in [0.5, 0.6) is 11.5 Å². The van der Waals surface area contributed by atoms with Crippen LogP contribution in [-0.4, -0.2) is 94.4 Å². The maximum atomic E-state index is 14.3. The molecule has 0 spiro atoms. The minimum absolute atomic E-state index is 0.00265. The normalized spacial score (nSPS) is 19.3. The first-order valence-electron chi connectivity index (χ1n) is 20.0. The van der Waals surface area contributed by atoms with Crippen LogP contribution in [0.2, 0.25) is 0 Å².